The van der Waals surface area contributed by atoms with Crippen molar-refractivity contribution in [1.82, 2.24) is 4.31 Å². The average molecular weight is 286 g/mol. The Morgan fingerprint density at radius 3 is 2.25 bits per heavy atom. The van der Waals surface area contributed by atoms with Gasteiger partial charge in [-0.15, -0.1) is 0 Å². The van der Waals surface area contributed by atoms with Crippen LogP contribution < -0.4 is 5.73 Å². The Morgan fingerprint density at radius 2 is 1.70 bits per heavy atom. The van der Waals surface area contributed by atoms with Gasteiger partial charge in [0.2, 0.25) is 0 Å². The lowest BCUT2D eigenvalue weighted by atomic mass is 10.2. The van der Waals surface area contributed by atoms with Crippen LogP contribution in [-0.4, -0.2) is 8.86 Å². The molecule has 0 saturated carbocycles. The molecule has 1 unspecified atom stereocenters. The zero-order chi connectivity index (χ0) is 14.4. The molecule has 0 radical (unpaired) electrons. The van der Waals surface area contributed by atoms with Crippen LogP contribution >= 0.6 is 0 Å². The molecule has 3 nitrogen and oxygen atoms in total. The van der Waals surface area contributed by atoms with Crippen LogP contribution in [0, 0.1) is 0 Å². The van der Waals surface area contributed by atoms with Gasteiger partial charge in [0.15, 0.2) is 4.90 Å². The predicted octanol–water partition coefficient (Wildman–Crippen LogP) is 2.81. The topological polar surface area (TPSA) is 52.3 Å². The Labute approximate surface area is 123 Å². The monoisotopic (exact) mass is 286 g/mol. The smallest absolute Gasteiger partial charge is 0.180 e. The maximum absolute atomic E-state index is 12.5. The number of rotatable bonds is 6. The molecule has 2 aromatic rings. The van der Waals surface area contributed by atoms with Gasteiger partial charge in [-0.05, 0) is 23.3 Å². The van der Waals surface area contributed by atoms with E-state index < -0.39 is 11.4 Å². The van der Waals surface area contributed by atoms with Crippen molar-refractivity contribution in [2.75, 3.05) is 0 Å². The van der Waals surface area contributed by atoms with Gasteiger partial charge in [-0.1, -0.05) is 49.0 Å². The second-order valence-electron chi connectivity index (χ2n) is 4.34. The second-order valence-corrected chi connectivity index (χ2v) is 5.78. The van der Waals surface area contributed by atoms with E-state index in [1.807, 2.05) is 54.6 Å². The fraction of sp³-hybridized carbons (Fsp3) is 0.125. The lowest BCUT2D eigenvalue weighted by Gasteiger charge is -2.22. The van der Waals surface area contributed by atoms with Crippen LogP contribution in [0.25, 0.3) is 0 Å². The van der Waals surface area contributed by atoms with Crippen LogP contribution in [0.5, 0.6) is 0 Å². The Morgan fingerprint density at radius 1 is 1.05 bits per heavy atom. The molecule has 0 amide bonds. The minimum Gasteiger partial charge on any atom is -0.588 e. The van der Waals surface area contributed by atoms with Gasteiger partial charge in [-0.2, -0.15) is 4.31 Å². The first-order valence-corrected chi connectivity index (χ1v) is 7.49. The third kappa shape index (κ3) is 3.63. The molecule has 0 aromatic heterocycles. The molecule has 0 fully saturated rings. The highest BCUT2D eigenvalue weighted by Gasteiger charge is 2.18. The maximum Gasteiger partial charge on any atom is 0.180 e. The third-order valence-corrected chi connectivity index (χ3v) is 4.34. The first-order valence-electron chi connectivity index (χ1n) is 6.38. The first kappa shape index (κ1) is 14.7. The van der Waals surface area contributed by atoms with Gasteiger partial charge in [0.25, 0.3) is 0 Å². The van der Waals surface area contributed by atoms with Crippen molar-refractivity contribution in [3.8, 4) is 0 Å². The molecule has 20 heavy (non-hydrogen) atoms. The molecule has 0 aliphatic carbocycles. The van der Waals surface area contributed by atoms with E-state index in [2.05, 4.69) is 6.58 Å². The summed E-state index contributed by atoms with van der Waals surface area (Å²) in [5.74, 6) is 0. The van der Waals surface area contributed by atoms with Crippen LogP contribution in [0.3, 0.4) is 0 Å². The van der Waals surface area contributed by atoms with E-state index in [4.69, 9.17) is 5.73 Å². The normalized spacial score (nSPS) is 11.9. The van der Waals surface area contributed by atoms with E-state index in [0.717, 1.165) is 16.0 Å². The molecule has 2 N–H and O–H groups in total. The molecule has 4 heteroatoms. The molecule has 0 bridgehead atoms. The predicted molar refractivity (Wildman–Crippen MR) is 82.9 cm³/mol. The fourth-order valence-corrected chi connectivity index (χ4v) is 2.87. The number of hydrogen-bond acceptors (Lipinski definition) is 3. The molecule has 1 atom stereocenters. The number of benzene rings is 2. The number of nitrogens with two attached hydrogens (primary N) is 1. The van der Waals surface area contributed by atoms with Crippen molar-refractivity contribution in [3.05, 3.63) is 78.5 Å². The van der Waals surface area contributed by atoms with Crippen LogP contribution in [0.4, 0.5) is 0 Å². The fourth-order valence-electron chi connectivity index (χ4n) is 1.83. The minimum absolute atomic E-state index is 0.488. The van der Waals surface area contributed by atoms with E-state index in [9.17, 15) is 4.55 Å². The summed E-state index contributed by atoms with van der Waals surface area (Å²) in [6.45, 7) is 4.80. The maximum atomic E-state index is 12.5. The van der Waals surface area contributed by atoms with E-state index in [0.29, 0.717) is 13.1 Å². The van der Waals surface area contributed by atoms with Crippen molar-refractivity contribution < 1.29 is 4.55 Å². The molecular weight excluding hydrogens is 268 g/mol. The molecule has 0 heterocycles. The zero-order valence-corrected chi connectivity index (χ0v) is 12.1. The Bertz CT molecular complexity index is 542. The number of nitrogens with zero attached hydrogens (tertiary/aromatic N) is 1. The van der Waals surface area contributed by atoms with E-state index in [-0.39, 0.29) is 0 Å². The summed E-state index contributed by atoms with van der Waals surface area (Å²) >= 11 is -1.26. The van der Waals surface area contributed by atoms with E-state index in [1.54, 1.807) is 10.5 Å². The SMILES string of the molecule is C=CN(Cc1ccccc1)[S+]([O-])c1ccc(CN)cc1. The first-order chi connectivity index (χ1) is 9.74. The molecule has 0 aliphatic rings. The van der Waals surface area contributed by atoms with Crippen molar-refractivity contribution in [2.45, 2.75) is 18.0 Å². The standard InChI is InChI=1S/C16H18N2OS/c1-2-18(13-15-6-4-3-5-7-15)20(19)16-10-8-14(12-17)9-11-16/h2-11H,1,12-13,17H2. The highest BCUT2D eigenvalue weighted by molar-refractivity contribution is 7.89. The Balaban J connectivity index is 2.11. The summed E-state index contributed by atoms with van der Waals surface area (Å²) in [5, 5.41) is 0. The van der Waals surface area contributed by atoms with Gasteiger partial charge < -0.3 is 10.3 Å². The Hall–Kier alpha value is -1.75. The van der Waals surface area contributed by atoms with Crippen molar-refractivity contribution in [1.29, 1.82) is 0 Å². The Kier molecular flexibility index (Phi) is 5.24. The summed E-state index contributed by atoms with van der Waals surface area (Å²) < 4.78 is 14.2. The van der Waals surface area contributed by atoms with Crippen molar-refractivity contribution >= 4 is 11.4 Å². The molecule has 2 rings (SSSR count). The molecule has 0 aliphatic heterocycles. The van der Waals surface area contributed by atoms with E-state index in [1.165, 1.54) is 0 Å². The lowest BCUT2D eigenvalue weighted by Crippen LogP contribution is -2.25. The van der Waals surface area contributed by atoms with Gasteiger partial charge in [0.05, 0.1) is 6.54 Å². The van der Waals surface area contributed by atoms with Crippen LogP contribution in [0.2, 0.25) is 0 Å². The highest BCUT2D eigenvalue weighted by atomic mass is 32.2. The highest BCUT2D eigenvalue weighted by Crippen LogP contribution is 2.19. The lowest BCUT2D eigenvalue weighted by molar-refractivity contribution is 0.495. The van der Waals surface area contributed by atoms with Crippen LogP contribution in [0.15, 0.2) is 72.3 Å². The van der Waals surface area contributed by atoms with Gasteiger partial charge in [0, 0.05) is 12.7 Å². The molecule has 0 spiro atoms. The van der Waals surface area contributed by atoms with Gasteiger partial charge in [-0.25, -0.2) is 0 Å². The zero-order valence-electron chi connectivity index (χ0n) is 11.2. The molecule has 2 aromatic carbocycles. The largest absolute Gasteiger partial charge is 0.588 e. The molecule has 0 saturated heterocycles. The van der Waals surface area contributed by atoms with Crippen molar-refractivity contribution in [3.63, 3.8) is 0 Å². The van der Waals surface area contributed by atoms with Crippen LogP contribution in [-0.2, 0) is 24.5 Å². The average Bonchev–Trinajstić information content (AvgIpc) is 2.53. The van der Waals surface area contributed by atoms with Gasteiger partial charge in [-0.3, -0.25) is 0 Å². The molecular formula is C16H18N2OS. The van der Waals surface area contributed by atoms with Crippen LogP contribution in [0.1, 0.15) is 11.1 Å². The van der Waals surface area contributed by atoms with Crippen molar-refractivity contribution in [2.24, 2.45) is 5.73 Å². The minimum atomic E-state index is -1.26. The quantitative estimate of drug-likeness (QED) is 0.831. The summed E-state index contributed by atoms with van der Waals surface area (Å²) in [4.78, 5) is 0.748. The third-order valence-electron chi connectivity index (χ3n) is 2.96. The molecule has 104 valence electrons. The number of hydrogen-bond donors (Lipinski definition) is 1. The summed E-state index contributed by atoms with van der Waals surface area (Å²) in [6.07, 6.45) is 1.61. The second kappa shape index (κ2) is 7.14. The summed E-state index contributed by atoms with van der Waals surface area (Å²) in [5.41, 5.74) is 7.69. The van der Waals surface area contributed by atoms with E-state index >= 15 is 0 Å². The van der Waals surface area contributed by atoms with Gasteiger partial charge >= 0.3 is 0 Å². The summed E-state index contributed by atoms with van der Waals surface area (Å²) in [7, 11) is 0. The summed E-state index contributed by atoms with van der Waals surface area (Å²) in [6, 6.07) is 17.4. The van der Waals surface area contributed by atoms with Gasteiger partial charge in [0.1, 0.15) is 11.4 Å².